The third kappa shape index (κ3) is 4.12. The number of aromatic hydroxyl groups is 2. The van der Waals surface area contributed by atoms with Gasteiger partial charge in [0.25, 0.3) is 0 Å². The van der Waals surface area contributed by atoms with Crippen LogP contribution in [0.5, 0.6) is 23.0 Å². The summed E-state index contributed by atoms with van der Waals surface area (Å²) in [4.78, 5) is 0. The Morgan fingerprint density at radius 2 is 0.939 bits per heavy atom. The monoisotopic (exact) mass is 440 g/mol. The van der Waals surface area contributed by atoms with Gasteiger partial charge < -0.3 is 19.7 Å². The van der Waals surface area contributed by atoms with E-state index in [1.54, 1.807) is 38.5 Å². The van der Waals surface area contributed by atoms with Crippen LogP contribution in [0.3, 0.4) is 0 Å². The van der Waals surface area contributed by atoms with Crippen LogP contribution >= 0.6 is 0 Å². The lowest BCUT2D eigenvalue weighted by atomic mass is 9.77. The third-order valence-corrected chi connectivity index (χ3v) is 6.23. The number of ether oxygens (including phenoxy) is 2. The molecule has 4 aromatic carbocycles. The Balaban J connectivity index is 1.77. The molecule has 0 bridgehead atoms. The molecule has 0 radical (unpaired) electrons. The number of phenols is 2. The molecule has 0 spiro atoms. The predicted octanol–water partition coefficient (Wildman–Crippen LogP) is 6.77. The maximum atomic E-state index is 10.3. The Morgan fingerprint density at radius 1 is 0.545 bits per heavy atom. The molecule has 0 aliphatic heterocycles. The van der Waals surface area contributed by atoms with Crippen LogP contribution < -0.4 is 9.47 Å². The summed E-state index contributed by atoms with van der Waals surface area (Å²) in [5.74, 6) is 1.82. The molecule has 4 rings (SSSR count). The van der Waals surface area contributed by atoms with Gasteiger partial charge in [0.15, 0.2) is 0 Å². The lowest BCUT2D eigenvalue weighted by Gasteiger charge is -2.28. The summed E-state index contributed by atoms with van der Waals surface area (Å²) in [7, 11) is 3.28. The Bertz CT molecular complexity index is 1190. The molecule has 168 valence electrons. The average molecular weight is 441 g/mol. The van der Waals surface area contributed by atoms with Gasteiger partial charge in [-0.05, 0) is 35.4 Å². The van der Waals surface area contributed by atoms with Gasteiger partial charge in [-0.2, -0.15) is 0 Å². The highest BCUT2D eigenvalue weighted by atomic mass is 16.5. The Hall–Kier alpha value is -3.92. The van der Waals surface area contributed by atoms with E-state index < -0.39 is 0 Å². The maximum Gasteiger partial charge on any atom is 0.127 e. The number of phenolic OH excluding ortho intramolecular Hbond substituents is 2. The molecule has 0 amide bonds. The van der Waals surface area contributed by atoms with Crippen LogP contribution in [0.25, 0.3) is 22.3 Å². The quantitative estimate of drug-likeness (QED) is 0.347. The SMILES string of the molecule is COc1cc(C(C)(C)c2ccc(-c3ccccc3O)c(OC)c2)ccc1-c1ccccc1O. The molecule has 4 nitrogen and oxygen atoms in total. The van der Waals surface area contributed by atoms with Crippen LogP contribution in [0, 0.1) is 0 Å². The largest absolute Gasteiger partial charge is 0.507 e. The van der Waals surface area contributed by atoms with Crippen molar-refractivity contribution in [2.24, 2.45) is 0 Å². The van der Waals surface area contributed by atoms with Gasteiger partial charge in [0.1, 0.15) is 23.0 Å². The van der Waals surface area contributed by atoms with Gasteiger partial charge in [-0.1, -0.05) is 74.5 Å². The Morgan fingerprint density at radius 3 is 1.30 bits per heavy atom. The fourth-order valence-electron chi connectivity index (χ4n) is 4.17. The van der Waals surface area contributed by atoms with Crippen LogP contribution in [-0.4, -0.2) is 24.4 Å². The highest BCUT2D eigenvalue weighted by molar-refractivity contribution is 5.77. The Kier molecular flexibility index (Phi) is 6.01. The summed E-state index contributed by atoms with van der Waals surface area (Å²) in [5, 5.41) is 20.6. The number of hydrogen-bond donors (Lipinski definition) is 2. The zero-order valence-corrected chi connectivity index (χ0v) is 19.3. The van der Waals surface area contributed by atoms with Crippen LogP contribution in [0.15, 0.2) is 84.9 Å². The van der Waals surface area contributed by atoms with Crippen molar-refractivity contribution in [2.75, 3.05) is 14.2 Å². The molecule has 4 heteroatoms. The van der Waals surface area contributed by atoms with E-state index in [0.29, 0.717) is 11.5 Å². The van der Waals surface area contributed by atoms with Gasteiger partial charge >= 0.3 is 0 Å². The van der Waals surface area contributed by atoms with E-state index in [2.05, 4.69) is 26.0 Å². The summed E-state index contributed by atoms with van der Waals surface area (Å²) in [6, 6.07) is 26.6. The van der Waals surface area contributed by atoms with E-state index in [4.69, 9.17) is 9.47 Å². The second-order valence-corrected chi connectivity index (χ2v) is 8.49. The van der Waals surface area contributed by atoms with Crippen LogP contribution in [0.2, 0.25) is 0 Å². The van der Waals surface area contributed by atoms with Gasteiger partial charge in [-0.3, -0.25) is 0 Å². The summed E-state index contributed by atoms with van der Waals surface area (Å²) in [6.45, 7) is 4.30. The molecule has 33 heavy (non-hydrogen) atoms. The summed E-state index contributed by atoms with van der Waals surface area (Å²) < 4.78 is 11.4. The molecule has 0 aliphatic carbocycles. The fraction of sp³-hybridized carbons (Fsp3) is 0.172. The molecule has 0 atom stereocenters. The van der Waals surface area contributed by atoms with E-state index in [1.165, 1.54) is 0 Å². The Labute approximate surface area is 194 Å². The third-order valence-electron chi connectivity index (χ3n) is 6.23. The standard InChI is InChI=1S/C29H28O4/c1-29(2,19-13-15-23(27(17-19)32-3)21-9-5-7-11-25(21)30)20-14-16-24(28(18-20)33-4)22-10-6-8-12-26(22)31/h5-18,30-31H,1-4H3. The van der Waals surface area contributed by atoms with Crippen molar-refractivity contribution in [1.29, 1.82) is 0 Å². The highest BCUT2D eigenvalue weighted by Crippen LogP contribution is 2.43. The van der Waals surface area contributed by atoms with Crippen molar-refractivity contribution < 1.29 is 19.7 Å². The summed E-state index contributed by atoms with van der Waals surface area (Å²) in [5.41, 5.74) is 4.91. The minimum absolute atomic E-state index is 0.215. The molecule has 0 saturated heterocycles. The second kappa shape index (κ2) is 8.91. The molecule has 0 aliphatic rings. The van der Waals surface area contributed by atoms with Crippen molar-refractivity contribution in [3.8, 4) is 45.3 Å². The first kappa shape index (κ1) is 22.3. The van der Waals surface area contributed by atoms with E-state index in [1.807, 2.05) is 48.5 Å². The van der Waals surface area contributed by atoms with E-state index in [-0.39, 0.29) is 16.9 Å². The van der Waals surface area contributed by atoms with Crippen molar-refractivity contribution >= 4 is 0 Å². The van der Waals surface area contributed by atoms with Crippen molar-refractivity contribution in [1.82, 2.24) is 0 Å². The van der Waals surface area contributed by atoms with E-state index >= 15 is 0 Å². The molecule has 0 aromatic heterocycles. The first-order valence-electron chi connectivity index (χ1n) is 10.8. The summed E-state index contributed by atoms with van der Waals surface area (Å²) >= 11 is 0. The van der Waals surface area contributed by atoms with E-state index in [9.17, 15) is 10.2 Å². The van der Waals surface area contributed by atoms with Crippen LogP contribution in [-0.2, 0) is 5.41 Å². The van der Waals surface area contributed by atoms with Crippen molar-refractivity contribution in [3.05, 3.63) is 96.1 Å². The number of rotatable bonds is 6. The lowest BCUT2D eigenvalue weighted by molar-refractivity contribution is 0.412. The van der Waals surface area contributed by atoms with Gasteiger partial charge in [0.2, 0.25) is 0 Å². The molecular formula is C29H28O4. The lowest BCUT2D eigenvalue weighted by Crippen LogP contribution is -2.19. The zero-order valence-electron chi connectivity index (χ0n) is 19.3. The fourth-order valence-corrected chi connectivity index (χ4v) is 4.17. The smallest absolute Gasteiger partial charge is 0.127 e. The molecular weight excluding hydrogens is 412 g/mol. The first-order chi connectivity index (χ1) is 15.9. The molecule has 0 saturated carbocycles. The van der Waals surface area contributed by atoms with Crippen molar-refractivity contribution in [2.45, 2.75) is 19.3 Å². The topological polar surface area (TPSA) is 58.9 Å². The predicted molar refractivity (Wildman–Crippen MR) is 132 cm³/mol. The highest BCUT2D eigenvalue weighted by Gasteiger charge is 2.26. The molecule has 0 heterocycles. The summed E-state index contributed by atoms with van der Waals surface area (Å²) in [6.07, 6.45) is 0. The normalized spacial score (nSPS) is 11.3. The molecule has 2 N–H and O–H groups in total. The first-order valence-corrected chi connectivity index (χ1v) is 10.8. The van der Waals surface area contributed by atoms with Crippen LogP contribution in [0.1, 0.15) is 25.0 Å². The molecule has 0 fully saturated rings. The molecule has 0 unspecified atom stereocenters. The van der Waals surface area contributed by atoms with Crippen molar-refractivity contribution in [3.63, 3.8) is 0 Å². The zero-order chi connectivity index (χ0) is 23.6. The van der Waals surface area contributed by atoms with Gasteiger partial charge in [0, 0.05) is 27.7 Å². The van der Waals surface area contributed by atoms with E-state index in [0.717, 1.165) is 33.4 Å². The maximum absolute atomic E-state index is 10.3. The number of hydrogen-bond acceptors (Lipinski definition) is 4. The minimum Gasteiger partial charge on any atom is -0.507 e. The van der Waals surface area contributed by atoms with Gasteiger partial charge in [-0.15, -0.1) is 0 Å². The van der Waals surface area contributed by atoms with Gasteiger partial charge in [0.05, 0.1) is 14.2 Å². The second-order valence-electron chi connectivity index (χ2n) is 8.49. The minimum atomic E-state index is -0.352. The van der Waals surface area contributed by atoms with Crippen LogP contribution in [0.4, 0.5) is 0 Å². The number of benzene rings is 4. The van der Waals surface area contributed by atoms with Gasteiger partial charge in [-0.25, -0.2) is 0 Å². The number of para-hydroxylation sites is 2. The number of methoxy groups -OCH3 is 2. The average Bonchev–Trinajstić information content (AvgIpc) is 2.84. The molecule has 4 aromatic rings.